The van der Waals surface area contributed by atoms with E-state index in [0.29, 0.717) is 13.2 Å². The number of hydrogen-bond donors (Lipinski definition) is 0. The first kappa shape index (κ1) is 14.5. The summed E-state index contributed by atoms with van der Waals surface area (Å²) >= 11 is 0. The number of benzene rings is 3. The second-order valence-corrected chi connectivity index (χ2v) is 5.68. The largest absolute Gasteiger partial charge is 0.492 e. The molecule has 0 bridgehead atoms. The number of para-hydroxylation sites is 3. The molecular formula is C21H17NO2. The molecule has 3 heteroatoms. The topological polar surface area (TPSA) is 31.2 Å². The van der Waals surface area contributed by atoms with Crippen LogP contribution in [-0.2, 0) is 6.54 Å². The van der Waals surface area contributed by atoms with E-state index < -0.39 is 0 Å². The van der Waals surface area contributed by atoms with Crippen LogP contribution in [0.5, 0.6) is 5.75 Å². The number of aromatic nitrogens is 1. The molecule has 0 fully saturated rings. The van der Waals surface area contributed by atoms with E-state index in [1.807, 2.05) is 78.9 Å². The van der Waals surface area contributed by atoms with Crippen LogP contribution in [0.4, 0.5) is 0 Å². The van der Waals surface area contributed by atoms with Gasteiger partial charge < -0.3 is 9.30 Å². The maximum Gasteiger partial charge on any atom is 0.197 e. The molecule has 118 valence electrons. The van der Waals surface area contributed by atoms with Gasteiger partial charge in [0.25, 0.3) is 0 Å². The minimum absolute atomic E-state index is 0.0847. The fraction of sp³-hybridized carbons (Fsp3) is 0.0952. The summed E-state index contributed by atoms with van der Waals surface area (Å²) in [6.45, 7) is 1.22. The Morgan fingerprint density at radius 1 is 0.708 bits per heavy atom. The van der Waals surface area contributed by atoms with Crippen molar-refractivity contribution in [2.45, 2.75) is 6.54 Å². The summed E-state index contributed by atoms with van der Waals surface area (Å²) in [5.74, 6) is 0.854. The lowest BCUT2D eigenvalue weighted by molar-refractivity contribution is 0.302. The molecule has 0 saturated heterocycles. The van der Waals surface area contributed by atoms with Crippen molar-refractivity contribution in [3.8, 4) is 5.75 Å². The summed E-state index contributed by atoms with van der Waals surface area (Å²) in [6.07, 6.45) is 0. The summed E-state index contributed by atoms with van der Waals surface area (Å²) < 4.78 is 8.00. The van der Waals surface area contributed by atoms with Gasteiger partial charge in [-0.25, -0.2) is 0 Å². The van der Waals surface area contributed by atoms with Crippen LogP contribution < -0.4 is 10.2 Å². The zero-order valence-corrected chi connectivity index (χ0v) is 13.2. The highest BCUT2D eigenvalue weighted by Crippen LogP contribution is 2.19. The molecule has 1 heterocycles. The Kier molecular flexibility index (Phi) is 3.75. The van der Waals surface area contributed by atoms with Crippen LogP contribution in [0, 0.1) is 0 Å². The Hall–Kier alpha value is -3.07. The van der Waals surface area contributed by atoms with Gasteiger partial charge in [0.1, 0.15) is 12.4 Å². The van der Waals surface area contributed by atoms with Crippen molar-refractivity contribution >= 4 is 21.8 Å². The molecule has 1 aromatic heterocycles. The van der Waals surface area contributed by atoms with Gasteiger partial charge in [-0.1, -0.05) is 42.5 Å². The lowest BCUT2D eigenvalue weighted by Gasteiger charge is -2.15. The highest BCUT2D eigenvalue weighted by molar-refractivity contribution is 5.93. The average Bonchev–Trinajstić information content (AvgIpc) is 2.65. The molecule has 0 aliphatic heterocycles. The first-order valence-corrected chi connectivity index (χ1v) is 8.03. The smallest absolute Gasteiger partial charge is 0.197 e. The Balaban J connectivity index is 1.78. The monoisotopic (exact) mass is 315 g/mol. The Morgan fingerprint density at radius 3 is 1.88 bits per heavy atom. The van der Waals surface area contributed by atoms with Crippen molar-refractivity contribution in [3.05, 3.63) is 89.1 Å². The fourth-order valence-corrected chi connectivity index (χ4v) is 3.09. The van der Waals surface area contributed by atoms with Gasteiger partial charge in [0.2, 0.25) is 0 Å². The molecule has 0 N–H and O–H groups in total. The van der Waals surface area contributed by atoms with Crippen LogP contribution in [-0.4, -0.2) is 11.2 Å². The summed E-state index contributed by atoms with van der Waals surface area (Å²) in [5.41, 5.74) is 1.97. The zero-order valence-electron chi connectivity index (χ0n) is 13.2. The lowest BCUT2D eigenvalue weighted by atomic mass is 10.1. The molecule has 0 spiro atoms. The fourth-order valence-electron chi connectivity index (χ4n) is 3.09. The van der Waals surface area contributed by atoms with Crippen LogP contribution >= 0.6 is 0 Å². The SMILES string of the molecule is O=c1c2ccccc2n(CCOc2ccccc2)c2ccccc12. The van der Waals surface area contributed by atoms with Crippen LogP contribution in [0.15, 0.2) is 83.7 Å². The third kappa shape index (κ3) is 2.54. The molecule has 0 aliphatic carbocycles. The van der Waals surface area contributed by atoms with Crippen molar-refractivity contribution in [2.24, 2.45) is 0 Å². The Labute approximate surface area is 139 Å². The van der Waals surface area contributed by atoms with E-state index in [-0.39, 0.29) is 5.43 Å². The third-order valence-electron chi connectivity index (χ3n) is 4.21. The van der Waals surface area contributed by atoms with Gasteiger partial charge >= 0.3 is 0 Å². The third-order valence-corrected chi connectivity index (χ3v) is 4.21. The van der Waals surface area contributed by atoms with Crippen LogP contribution in [0.1, 0.15) is 0 Å². The van der Waals surface area contributed by atoms with Crippen LogP contribution in [0.3, 0.4) is 0 Å². The Morgan fingerprint density at radius 2 is 1.25 bits per heavy atom. The number of nitrogens with zero attached hydrogens (tertiary/aromatic N) is 1. The van der Waals surface area contributed by atoms with Gasteiger partial charge in [-0.05, 0) is 36.4 Å². The minimum Gasteiger partial charge on any atom is -0.492 e. The van der Waals surface area contributed by atoms with Crippen LogP contribution in [0.25, 0.3) is 21.8 Å². The number of hydrogen-bond acceptors (Lipinski definition) is 2. The highest BCUT2D eigenvalue weighted by atomic mass is 16.5. The van der Waals surface area contributed by atoms with Crippen LogP contribution in [0.2, 0.25) is 0 Å². The molecule has 4 aromatic rings. The van der Waals surface area contributed by atoms with E-state index in [1.165, 1.54) is 0 Å². The lowest BCUT2D eigenvalue weighted by Crippen LogP contribution is -2.15. The zero-order chi connectivity index (χ0) is 16.4. The van der Waals surface area contributed by atoms with Gasteiger partial charge in [0.15, 0.2) is 5.43 Å². The number of ether oxygens (including phenoxy) is 1. The van der Waals surface area contributed by atoms with Gasteiger partial charge in [0.05, 0.1) is 17.6 Å². The second kappa shape index (κ2) is 6.20. The van der Waals surface area contributed by atoms with Gasteiger partial charge in [-0.3, -0.25) is 4.79 Å². The molecule has 3 nitrogen and oxygen atoms in total. The van der Waals surface area contributed by atoms with Gasteiger partial charge in [-0.2, -0.15) is 0 Å². The molecule has 3 aromatic carbocycles. The van der Waals surface area contributed by atoms with Gasteiger partial charge in [-0.15, -0.1) is 0 Å². The summed E-state index contributed by atoms with van der Waals surface area (Å²) in [6, 6.07) is 25.3. The van der Waals surface area contributed by atoms with Crippen molar-refractivity contribution in [2.75, 3.05) is 6.61 Å². The van der Waals surface area contributed by atoms with E-state index in [0.717, 1.165) is 27.6 Å². The molecule has 24 heavy (non-hydrogen) atoms. The molecule has 0 atom stereocenters. The highest BCUT2D eigenvalue weighted by Gasteiger charge is 2.09. The standard InChI is InChI=1S/C21H17NO2/c23-21-17-10-4-6-12-19(17)22(20-13-7-5-11-18(20)21)14-15-24-16-8-2-1-3-9-16/h1-13H,14-15H2. The van der Waals surface area contributed by atoms with Crippen molar-refractivity contribution in [1.82, 2.24) is 4.57 Å². The quantitative estimate of drug-likeness (QED) is 0.528. The normalized spacial score (nSPS) is 11.0. The molecule has 0 saturated carbocycles. The molecule has 0 amide bonds. The average molecular weight is 315 g/mol. The minimum atomic E-state index is 0.0847. The summed E-state index contributed by atoms with van der Waals surface area (Å²) in [4.78, 5) is 12.7. The van der Waals surface area contributed by atoms with Crippen molar-refractivity contribution < 1.29 is 4.74 Å². The maximum atomic E-state index is 12.7. The molecule has 0 radical (unpaired) electrons. The predicted octanol–water partition coefficient (Wildman–Crippen LogP) is 4.23. The first-order chi connectivity index (χ1) is 11.8. The summed E-state index contributed by atoms with van der Waals surface area (Å²) in [7, 11) is 0. The van der Waals surface area contributed by atoms with E-state index in [9.17, 15) is 4.79 Å². The van der Waals surface area contributed by atoms with Gasteiger partial charge in [0, 0.05) is 10.8 Å². The van der Waals surface area contributed by atoms with E-state index in [1.54, 1.807) is 0 Å². The molecule has 4 rings (SSSR count). The molecule has 0 unspecified atom stereocenters. The first-order valence-electron chi connectivity index (χ1n) is 8.03. The number of fused-ring (bicyclic) bond motifs is 2. The van der Waals surface area contributed by atoms with E-state index in [2.05, 4.69) is 4.57 Å². The molecular weight excluding hydrogens is 298 g/mol. The Bertz CT molecular complexity index is 992. The predicted molar refractivity (Wildman–Crippen MR) is 97.7 cm³/mol. The van der Waals surface area contributed by atoms with Crippen molar-refractivity contribution in [1.29, 1.82) is 0 Å². The number of pyridine rings is 1. The summed E-state index contributed by atoms with van der Waals surface area (Å²) in [5, 5.41) is 1.49. The molecule has 0 aliphatic rings. The van der Waals surface area contributed by atoms with Crippen molar-refractivity contribution in [3.63, 3.8) is 0 Å². The number of rotatable bonds is 4. The van der Waals surface area contributed by atoms with E-state index >= 15 is 0 Å². The second-order valence-electron chi connectivity index (χ2n) is 5.68. The van der Waals surface area contributed by atoms with E-state index in [4.69, 9.17) is 4.74 Å². The maximum absolute atomic E-state index is 12.7.